The Morgan fingerprint density at radius 3 is 2.20 bits per heavy atom. The lowest BCUT2D eigenvalue weighted by Gasteiger charge is -2.06. The van der Waals surface area contributed by atoms with Crippen LogP contribution in [0.4, 0.5) is 0 Å². The molecule has 0 saturated carbocycles. The van der Waals surface area contributed by atoms with Crippen molar-refractivity contribution in [3.05, 3.63) is 29.8 Å². The molecule has 1 aromatic rings. The van der Waals surface area contributed by atoms with Gasteiger partial charge in [-0.3, -0.25) is 9.00 Å². The van der Waals surface area contributed by atoms with Crippen molar-refractivity contribution in [1.82, 2.24) is 0 Å². The van der Waals surface area contributed by atoms with E-state index in [1.54, 1.807) is 0 Å². The van der Waals surface area contributed by atoms with E-state index in [0.29, 0.717) is 5.92 Å². The third-order valence-corrected chi connectivity index (χ3v) is 3.61. The smallest absolute Gasteiger partial charge is 0.142 e. The maximum absolute atomic E-state index is 11.6. The topological polar surface area (TPSA) is 34.1 Å². The SMILES string of the molecule is CC(=O)CS(=O)c1ccc(C(C)C)cc1. The number of carbonyl (C=O) groups is 1. The van der Waals surface area contributed by atoms with Crippen molar-refractivity contribution in [2.75, 3.05) is 5.75 Å². The summed E-state index contributed by atoms with van der Waals surface area (Å²) in [5.41, 5.74) is 1.22. The molecule has 15 heavy (non-hydrogen) atoms. The molecular weight excluding hydrogens is 208 g/mol. The minimum atomic E-state index is -1.18. The third kappa shape index (κ3) is 3.59. The Morgan fingerprint density at radius 1 is 1.27 bits per heavy atom. The van der Waals surface area contributed by atoms with Crippen LogP contribution in [-0.4, -0.2) is 15.7 Å². The van der Waals surface area contributed by atoms with E-state index in [-0.39, 0.29) is 11.5 Å². The maximum atomic E-state index is 11.6. The van der Waals surface area contributed by atoms with Crippen molar-refractivity contribution in [3.8, 4) is 0 Å². The van der Waals surface area contributed by atoms with Crippen molar-refractivity contribution in [2.45, 2.75) is 31.6 Å². The second kappa shape index (κ2) is 5.21. The highest BCUT2D eigenvalue weighted by Gasteiger charge is 2.07. The van der Waals surface area contributed by atoms with Gasteiger partial charge in [-0.05, 0) is 30.5 Å². The van der Waals surface area contributed by atoms with Crippen LogP contribution in [0.5, 0.6) is 0 Å². The van der Waals surface area contributed by atoms with Gasteiger partial charge in [-0.1, -0.05) is 26.0 Å². The predicted octanol–water partition coefficient (Wildman–Crippen LogP) is 2.51. The van der Waals surface area contributed by atoms with E-state index in [0.717, 1.165) is 4.90 Å². The summed E-state index contributed by atoms with van der Waals surface area (Å²) >= 11 is 0. The fraction of sp³-hybridized carbons (Fsp3) is 0.417. The molecule has 0 saturated heterocycles. The first-order chi connectivity index (χ1) is 7.00. The Morgan fingerprint density at radius 2 is 1.80 bits per heavy atom. The van der Waals surface area contributed by atoms with Crippen LogP contribution in [0.3, 0.4) is 0 Å². The molecule has 0 N–H and O–H groups in total. The zero-order valence-corrected chi connectivity index (χ0v) is 10.1. The quantitative estimate of drug-likeness (QED) is 0.787. The summed E-state index contributed by atoms with van der Waals surface area (Å²) in [6, 6.07) is 7.62. The van der Waals surface area contributed by atoms with Crippen molar-refractivity contribution in [1.29, 1.82) is 0 Å². The molecule has 1 unspecified atom stereocenters. The van der Waals surface area contributed by atoms with Crippen molar-refractivity contribution in [3.63, 3.8) is 0 Å². The highest BCUT2D eigenvalue weighted by Crippen LogP contribution is 2.16. The van der Waals surface area contributed by atoms with Crippen LogP contribution >= 0.6 is 0 Å². The van der Waals surface area contributed by atoms with Crippen LogP contribution in [0, 0.1) is 0 Å². The van der Waals surface area contributed by atoms with Crippen molar-refractivity contribution in [2.24, 2.45) is 0 Å². The van der Waals surface area contributed by atoms with Gasteiger partial charge in [0.1, 0.15) is 5.78 Å². The van der Waals surface area contributed by atoms with E-state index in [9.17, 15) is 9.00 Å². The molecule has 0 aliphatic carbocycles. The summed E-state index contributed by atoms with van der Waals surface area (Å²) < 4.78 is 11.6. The van der Waals surface area contributed by atoms with Gasteiger partial charge in [0.2, 0.25) is 0 Å². The molecule has 2 nitrogen and oxygen atoms in total. The molecule has 1 rings (SSSR count). The number of rotatable bonds is 4. The molecule has 0 amide bonds. The Bertz CT molecular complexity index is 366. The highest BCUT2D eigenvalue weighted by atomic mass is 32.2. The lowest BCUT2D eigenvalue weighted by Crippen LogP contribution is -2.06. The van der Waals surface area contributed by atoms with Crippen LogP contribution in [-0.2, 0) is 15.6 Å². The molecule has 0 aliphatic rings. The lowest BCUT2D eigenvalue weighted by molar-refractivity contribution is -0.114. The van der Waals surface area contributed by atoms with E-state index >= 15 is 0 Å². The number of hydrogen-bond donors (Lipinski definition) is 0. The largest absolute Gasteiger partial charge is 0.299 e. The number of ketones is 1. The molecule has 0 spiro atoms. The van der Waals surface area contributed by atoms with Gasteiger partial charge in [0, 0.05) is 4.90 Å². The lowest BCUT2D eigenvalue weighted by atomic mass is 10.0. The maximum Gasteiger partial charge on any atom is 0.142 e. The number of carbonyl (C=O) groups excluding carboxylic acids is 1. The van der Waals surface area contributed by atoms with Crippen LogP contribution in [0.25, 0.3) is 0 Å². The standard InChI is InChI=1S/C12H16O2S/c1-9(2)11-4-6-12(7-5-11)15(14)8-10(3)13/h4-7,9H,8H2,1-3H3. The first-order valence-corrected chi connectivity index (χ1v) is 6.30. The van der Waals surface area contributed by atoms with Gasteiger partial charge in [0.15, 0.2) is 0 Å². The summed E-state index contributed by atoms with van der Waals surface area (Å²) in [5, 5.41) is 0. The Balaban J connectivity index is 2.80. The average molecular weight is 224 g/mol. The number of hydrogen-bond acceptors (Lipinski definition) is 2. The van der Waals surface area contributed by atoms with Crippen LogP contribution < -0.4 is 0 Å². The van der Waals surface area contributed by atoms with Crippen molar-refractivity contribution >= 4 is 16.6 Å². The van der Waals surface area contributed by atoms with Crippen LogP contribution in [0.1, 0.15) is 32.3 Å². The van der Waals surface area contributed by atoms with E-state index < -0.39 is 10.8 Å². The fourth-order valence-corrected chi connectivity index (χ4v) is 2.25. The Kier molecular flexibility index (Phi) is 4.21. The van der Waals surface area contributed by atoms with Gasteiger partial charge in [-0.15, -0.1) is 0 Å². The zero-order valence-electron chi connectivity index (χ0n) is 9.32. The molecule has 1 aromatic carbocycles. The summed E-state index contributed by atoms with van der Waals surface area (Å²) in [6.07, 6.45) is 0. The second-order valence-corrected chi connectivity index (χ2v) is 5.37. The van der Waals surface area contributed by atoms with E-state index in [4.69, 9.17) is 0 Å². The summed E-state index contributed by atoms with van der Waals surface area (Å²) in [4.78, 5) is 11.5. The average Bonchev–Trinajstić information content (AvgIpc) is 2.17. The molecule has 1 atom stereocenters. The van der Waals surface area contributed by atoms with Gasteiger partial charge >= 0.3 is 0 Å². The minimum absolute atomic E-state index is 0.0405. The third-order valence-electron chi connectivity index (χ3n) is 2.14. The van der Waals surface area contributed by atoms with Gasteiger partial charge in [0.25, 0.3) is 0 Å². The molecule has 0 fully saturated rings. The number of benzene rings is 1. The second-order valence-electron chi connectivity index (χ2n) is 3.92. The number of Topliss-reactive ketones (excluding diaryl/α,β-unsaturated/α-hetero) is 1. The van der Waals surface area contributed by atoms with E-state index in [1.165, 1.54) is 12.5 Å². The Hall–Kier alpha value is -0.960. The predicted molar refractivity (Wildman–Crippen MR) is 62.5 cm³/mol. The van der Waals surface area contributed by atoms with Gasteiger partial charge in [-0.2, -0.15) is 0 Å². The molecule has 3 heteroatoms. The van der Waals surface area contributed by atoms with Gasteiger partial charge in [0.05, 0.1) is 16.6 Å². The molecule has 0 aliphatic heterocycles. The first-order valence-electron chi connectivity index (χ1n) is 4.98. The monoisotopic (exact) mass is 224 g/mol. The fourth-order valence-electron chi connectivity index (χ4n) is 1.27. The summed E-state index contributed by atoms with van der Waals surface area (Å²) in [7, 11) is -1.18. The molecule has 0 aromatic heterocycles. The highest BCUT2D eigenvalue weighted by molar-refractivity contribution is 7.85. The molecule has 82 valence electrons. The molecular formula is C12H16O2S. The first kappa shape index (κ1) is 12.1. The van der Waals surface area contributed by atoms with Crippen LogP contribution in [0.2, 0.25) is 0 Å². The molecule has 0 radical (unpaired) electrons. The van der Waals surface area contributed by atoms with Gasteiger partial charge in [-0.25, -0.2) is 0 Å². The van der Waals surface area contributed by atoms with Crippen LogP contribution in [0.15, 0.2) is 29.2 Å². The van der Waals surface area contributed by atoms with Crippen molar-refractivity contribution < 1.29 is 9.00 Å². The minimum Gasteiger partial charge on any atom is -0.299 e. The zero-order chi connectivity index (χ0) is 11.4. The molecule has 0 bridgehead atoms. The summed E-state index contributed by atoms with van der Waals surface area (Å²) in [6.45, 7) is 5.68. The summed E-state index contributed by atoms with van der Waals surface area (Å²) in [5.74, 6) is 0.544. The molecule has 0 heterocycles. The van der Waals surface area contributed by atoms with Gasteiger partial charge < -0.3 is 0 Å². The normalized spacial score (nSPS) is 12.8. The van der Waals surface area contributed by atoms with E-state index in [2.05, 4.69) is 13.8 Å². The Labute approximate surface area is 93.2 Å². The van der Waals surface area contributed by atoms with E-state index in [1.807, 2.05) is 24.3 Å².